The first-order valence-corrected chi connectivity index (χ1v) is 6.64. The third kappa shape index (κ3) is 2.38. The lowest BCUT2D eigenvalue weighted by molar-refractivity contribution is 0.0652. The van der Waals surface area contributed by atoms with E-state index in [9.17, 15) is 4.79 Å². The molecule has 0 bridgehead atoms. The van der Waals surface area contributed by atoms with Gasteiger partial charge in [0.1, 0.15) is 12.6 Å². The van der Waals surface area contributed by atoms with Crippen LogP contribution in [-0.4, -0.2) is 54.6 Å². The number of nitrogens with zero attached hydrogens (tertiary/aromatic N) is 2. The summed E-state index contributed by atoms with van der Waals surface area (Å²) in [5.74, 6) is 0. The number of likely N-dealkylation sites (tertiary alicyclic amines) is 2. The molecule has 0 saturated carbocycles. The number of nitrogens with one attached hydrogen (secondary N) is 3. The predicted molar refractivity (Wildman–Crippen MR) is 64.0 cm³/mol. The average molecular weight is 239 g/mol. The lowest BCUT2D eigenvalue weighted by Crippen LogP contribution is -2.73. The average Bonchev–Trinajstić information content (AvgIpc) is 3.02. The van der Waals surface area contributed by atoms with Crippen LogP contribution in [0.1, 0.15) is 25.7 Å². The van der Waals surface area contributed by atoms with Crippen LogP contribution in [0.4, 0.5) is 4.79 Å². The van der Waals surface area contributed by atoms with E-state index >= 15 is 0 Å². The van der Waals surface area contributed by atoms with Crippen LogP contribution >= 0.6 is 0 Å². The monoisotopic (exact) mass is 239 g/mol. The summed E-state index contributed by atoms with van der Waals surface area (Å²) in [6, 6.07) is -0.0578. The molecule has 0 aliphatic carbocycles. The van der Waals surface area contributed by atoms with Crippen molar-refractivity contribution >= 4 is 6.03 Å². The molecule has 2 atom stereocenters. The van der Waals surface area contributed by atoms with Crippen LogP contribution in [0.5, 0.6) is 0 Å². The van der Waals surface area contributed by atoms with E-state index in [1.807, 2.05) is 0 Å². The SMILES string of the molecule is O=C1NC(N2CCCC2)NC(N2CCCC2)N1. The number of amides is 2. The molecule has 3 aliphatic heterocycles. The summed E-state index contributed by atoms with van der Waals surface area (Å²) < 4.78 is 0. The molecule has 3 fully saturated rings. The van der Waals surface area contributed by atoms with Crippen LogP contribution in [0.3, 0.4) is 0 Å². The van der Waals surface area contributed by atoms with E-state index in [2.05, 4.69) is 25.8 Å². The summed E-state index contributed by atoms with van der Waals surface area (Å²) >= 11 is 0. The molecule has 0 aromatic heterocycles. The zero-order valence-corrected chi connectivity index (χ0v) is 10.1. The Morgan fingerprint density at radius 1 is 0.824 bits per heavy atom. The lowest BCUT2D eigenvalue weighted by Gasteiger charge is -2.40. The maximum absolute atomic E-state index is 11.7. The van der Waals surface area contributed by atoms with Crippen molar-refractivity contribution in [1.29, 1.82) is 0 Å². The van der Waals surface area contributed by atoms with Crippen molar-refractivity contribution in [3.8, 4) is 0 Å². The lowest BCUT2D eigenvalue weighted by atomic mass is 10.4. The highest BCUT2D eigenvalue weighted by Gasteiger charge is 2.33. The highest BCUT2D eigenvalue weighted by molar-refractivity contribution is 5.75. The zero-order chi connectivity index (χ0) is 11.7. The highest BCUT2D eigenvalue weighted by atomic mass is 16.2. The molecular formula is C11H21N5O. The summed E-state index contributed by atoms with van der Waals surface area (Å²) in [6.45, 7) is 4.30. The summed E-state index contributed by atoms with van der Waals surface area (Å²) in [5.41, 5.74) is 0. The van der Waals surface area contributed by atoms with Crippen molar-refractivity contribution < 1.29 is 4.79 Å². The van der Waals surface area contributed by atoms with E-state index in [1.165, 1.54) is 25.7 Å². The normalized spacial score (nSPS) is 35.9. The van der Waals surface area contributed by atoms with Gasteiger partial charge in [-0.05, 0) is 25.7 Å². The first-order valence-electron chi connectivity index (χ1n) is 6.64. The number of rotatable bonds is 2. The van der Waals surface area contributed by atoms with Crippen LogP contribution in [0.25, 0.3) is 0 Å². The van der Waals surface area contributed by atoms with Gasteiger partial charge >= 0.3 is 6.03 Å². The Bertz CT molecular complexity index is 260. The fourth-order valence-electron chi connectivity index (χ4n) is 2.92. The van der Waals surface area contributed by atoms with Gasteiger partial charge in [-0.2, -0.15) is 0 Å². The molecule has 0 spiro atoms. The molecule has 0 aromatic rings. The second kappa shape index (κ2) is 4.80. The van der Waals surface area contributed by atoms with Gasteiger partial charge in [-0.1, -0.05) is 0 Å². The Balaban J connectivity index is 1.63. The molecule has 3 aliphatic rings. The van der Waals surface area contributed by atoms with Gasteiger partial charge in [0.15, 0.2) is 0 Å². The molecule has 6 heteroatoms. The van der Waals surface area contributed by atoms with Crippen LogP contribution in [0.2, 0.25) is 0 Å². The molecule has 3 heterocycles. The van der Waals surface area contributed by atoms with Gasteiger partial charge in [0, 0.05) is 26.2 Å². The first-order chi connectivity index (χ1) is 8.33. The fourth-order valence-corrected chi connectivity index (χ4v) is 2.92. The van der Waals surface area contributed by atoms with E-state index < -0.39 is 0 Å². The fraction of sp³-hybridized carbons (Fsp3) is 0.909. The summed E-state index contributed by atoms with van der Waals surface area (Å²) in [4.78, 5) is 16.3. The minimum Gasteiger partial charge on any atom is -0.310 e. The van der Waals surface area contributed by atoms with Gasteiger partial charge in [0.25, 0.3) is 0 Å². The van der Waals surface area contributed by atoms with Gasteiger partial charge in [-0.25, -0.2) is 4.79 Å². The molecule has 96 valence electrons. The van der Waals surface area contributed by atoms with E-state index in [-0.39, 0.29) is 18.6 Å². The third-order valence-electron chi connectivity index (χ3n) is 3.86. The van der Waals surface area contributed by atoms with Crippen LogP contribution in [0.15, 0.2) is 0 Å². The quantitative estimate of drug-likeness (QED) is 0.616. The Morgan fingerprint density at radius 2 is 1.24 bits per heavy atom. The van der Waals surface area contributed by atoms with Crippen LogP contribution in [-0.2, 0) is 0 Å². The van der Waals surface area contributed by atoms with Crippen molar-refractivity contribution in [2.45, 2.75) is 38.3 Å². The second-order valence-corrected chi connectivity index (χ2v) is 5.08. The molecule has 2 unspecified atom stereocenters. The summed E-state index contributed by atoms with van der Waals surface area (Å²) in [7, 11) is 0. The zero-order valence-electron chi connectivity index (χ0n) is 10.1. The Labute approximate surface area is 102 Å². The van der Waals surface area contributed by atoms with E-state index in [0.717, 1.165) is 26.2 Å². The number of carbonyl (C=O) groups excluding carboxylic acids is 1. The third-order valence-corrected chi connectivity index (χ3v) is 3.86. The number of hydrogen-bond acceptors (Lipinski definition) is 4. The van der Waals surface area contributed by atoms with E-state index in [0.29, 0.717) is 0 Å². The standard InChI is InChI=1S/C11H21N5O/c17-11-13-9(15-5-1-2-6-15)12-10(14-11)16-7-3-4-8-16/h9-10,12H,1-8H2,(H2,13,14,17). The van der Waals surface area contributed by atoms with Crippen molar-refractivity contribution in [3.05, 3.63) is 0 Å². The van der Waals surface area contributed by atoms with Crippen molar-refractivity contribution in [3.63, 3.8) is 0 Å². The minimum absolute atomic E-state index is 0.00292. The van der Waals surface area contributed by atoms with Gasteiger partial charge in [-0.3, -0.25) is 15.1 Å². The van der Waals surface area contributed by atoms with Crippen LogP contribution in [0, 0.1) is 0 Å². The molecule has 3 saturated heterocycles. The number of urea groups is 1. The Morgan fingerprint density at radius 3 is 1.65 bits per heavy atom. The minimum atomic E-state index is -0.0578. The summed E-state index contributed by atoms with van der Waals surface area (Å²) in [6.07, 6.45) is 4.92. The van der Waals surface area contributed by atoms with Gasteiger partial charge in [0.05, 0.1) is 0 Å². The maximum Gasteiger partial charge on any atom is 0.319 e. The van der Waals surface area contributed by atoms with Crippen molar-refractivity contribution in [1.82, 2.24) is 25.8 Å². The first kappa shape index (κ1) is 11.3. The second-order valence-electron chi connectivity index (χ2n) is 5.08. The molecule has 17 heavy (non-hydrogen) atoms. The molecule has 0 radical (unpaired) electrons. The summed E-state index contributed by atoms with van der Waals surface area (Å²) in [5, 5.41) is 9.38. The largest absolute Gasteiger partial charge is 0.319 e. The Hall–Kier alpha value is -0.850. The molecule has 0 aromatic carbocycles. The molecule has 6 nitrogen and oxygen atoms in total. The van der Waals surface area contributed by atoms with Gasteiger partial charge in [0.2, 0.25) is 0 Å². The van der Waals surface area contributed by atoms with E-state index in [1.54, 1.807) is 0 Å². The van der Waals surface area contributed by atoms with Gasteiger partial charge < -0.3 is 10.6 Å². The molecule has 3 N–H and O–H groups in total. The van der Waals surface area contributed by atoms with Crippen LogP contribution < -0.4 is 16.0 Å². The highest BCUT2D eigenvalue weighted by Crippen LogP contribution is 2.14. The van der Waals surface area contributed by atoms with Crippen molar-refractivity contribution in [2.24, 2.45) is 0 Å². The van der Waals surface area contributed by atoms with Crippen molar-refractivity contribution in [2.75, 3.05) is 26.2 Å². The topological polar surface area (TPSA) is 59.6 Å². The van der Waals surface area contributed by atoms with Gasteiger partial charge in [-0.15, -0.1) is 0 Å². The smallest absolute Gasteiger partial charge is 0.310 e. The maximum atomic E-state index is 11.7. The predicted octanol–water partition coefficient (Wildman–Crippen LogP) is -0.352. The number of carbonyl (C=O) groups is 1. The molecule has 2 amide bonds. The molecule has 3 rings (SSSR count). The Kier molecular flexibility index (Phi) is 3.17. The van der Waals surface area contributed by atoms with E-state index in [4.69, 9.17) is 0 Å². The molecular weight excluding hydrogens is 218 g/mol. The number of hydrogen-bond donors (Lipinski definition) is 3.